The van der Waals surface area contributed by atoms with E-state index < -0.39 is 5.97 Å². The van der Waals surface area contributed by atoms with E-state index in [0.717, 1.165) is 88.9 Å². The molecule has 7 nitrogen and oxygen atoms in total. The first kappa shape index (κ1) is 38.6. The van der Waals surface area contributed by atoms with Crippen LogP contribution in [0.15, 0.2) is 66.7 Å². The number of unbranched alkanes of at least 4 members (excludes halogenated alkanes) is 9. The monoisotopic (exact) mass is 660 g/mol. The van der Waals surface area contributed by atoms with Crippen molar-refractivity contribution < 1.29 is 33.3 Å². The summed E-state index contributed by atoms with van der Waals surface area (Å²) in [4.78, 5) is 24.7. The number of benzene rings is 3. The second-order valence-corrected chi connectivity index (χ2v) is 12.3. The van der Waals surface area contributed by atoms with Crippen molar-refractivity contribution in [1.82, 2.24) is 0 Å². The minimum absolute atomic E-state index is 0.109. The van der Waals surface area contributed by atoms with E-state index in [4.69, 9.17) is 23.7 Å². The summed E-state index contributed by atoms with van der Waals surface area (Å²) < 4.78 is 28.2. The van der Waals surface area contributed by atoms with E-state index in [9.17, 15) is 9.59 Å². The molecule has 0 atom stereocenters. The molecule has 48 heavy (non-hydrogen) atoms. The molecule has 7 heteroatoms. The van der Waals surface area contributed by atoms with Crippen LogP contribution in [0.3, 0.4) is 0 Å². The van der Waals surface area contributed by atoms with Gasteiger partial charge in [-0.15, -0.1) is 0 Å². The van der Waals surface area contributed by atoms with Crippen LogP contribution in [0.5, 0.6) is 17.2 Å². The molecule has 0 aliphatic rings. The molecule has 0 saturated carbocycles. The summed E-state index contributed by atoms with van der Waals surface area (Å²) in [5.41, 5.74) is 3.29. The Labute approximate surface area is 288 Å². The number of Topliss-reactive ketones (excluding diaryl/α,β-unsaturated/α-hetero) is 1. The maximum absolute atomic E-state index is 12.7. The molecule has 0 amide bonds. The molecule has 0 aliphatic carbocycles. The third kappa shape index (κ3) is 15.8. The molecule has 262 valence electrons. The van der Waals surface area contributed by atoms with Gasteiger partial charge in [-0.1, -0.05) is 56.9 Å². The molecule has 0 N–H and O–H groups in total. The van der Waals surface area contributed by atoms with Gasteiger partial charge in [0.2, 0.25) is 0 Å². The summed E-state index contributed by atoms with van der Waals surface area (Å²) in [6.07, 6.45) is 13.4. The van der Waals surface area contributed by atoms with E-state index in [-0.39, 0.29) is 5.78 Å². The summed E-state index contributed by atoms with van der Waals surface area (Å²) in [6, 6.07) is 21.6. The Bertz CT molecular complexity index is 1320. The first-order valence-corrected chi connectivity index (χ1v) is 17.9. The topological polar surface area (TPSA) is 80.3 Å². The van der Waals surface area contributed by atoms with Crippen LogP contribution in [-0.4, -0.2) is 51.9 Å². The van der Waals surface area contributed by atoms with E-state index in [2.05, 4.69) is 43.3 Å². The zero-order chi connectivity index (χ0) is 34.2. The molecular formula is C41H56O7. The van der Waals surface area contributed by atoms with Crippen molar-refractivity contribution in [3.05, 3.63) is 89.0 Å². The summed E-state index contributed by atoms with van der Waals surface area (Å²) in [5.74, 6) is 1.79. The fourth-order valence-corrected chi connectivity index (χ4v) is 5.25. The molecule has 0 heterocycles. The quantitative estimate of drug-likeness (QED) is 0.0482. The van der Waals surface area contributed by atoms with E-state index in [0.29, 0.717) is 36.7 Å². The van der Waals surface area contributed by atoms with Crippen LogP contribution in [0, 0.1) is 0 Å². The van der Waals surface area contributed by atoms with Crippen LogP contribution in [-0.2, 0) is 15.9 Å². The number of rotatable bonds is 26. The van der Waals surface area contributed by atoms with E-state index in [1.807, 2.05) is 12.1 Å². The predicted octanol–water partition coefficient (Wildman–Crippen LogP) is 9.82. The number of carbonyl (C=O) groups is 2. The number of esters is 1. The molecule has 3 rings (SSSR count). The number of ether oxygens (including phenoxy) is 5. The lowest BCUT2D eigenvalue weighted by Crippen LogP contribution is -2.09. The second kappa shape index (κ2) is 23.5. The van der Waals surface area contributed by atoms with E-state index in [1.54, 1.807) is 25.3 Å². The van der Waals surface area contributed by atoms with E-state index in [1.165, 1.54) is 37.3 Å². The SMILES string of the molecule is CCCCCCOc1cc(C(C)=O)cc(C(=O)OCCCCCCOc2ccc(Cc3ccc(OCCCCCCOC)cc3)cc2)c1. The molecule has 3 aromatic carbocycles. The molecule has 0 spiro atoms. The van der Waals surface area contributed by atoms with Crippen molar-refractivity contribution in [2.24, 2.45) is 0 Å². The van der Waals surface area contributed by atoms with Gasteiger partial charge in [-0.05, 0) is 118 Å². The van der Waals surface area contributed by atoms with Gasteiger partial charge in [0, 0.05) is 19.3 Å². The van der Waals surface area contributed by atoms with Gasteiger partial charge in [0.1, 0.15) is 17.2 Å². The molecular weight excluding hydrogens is 604 g/mol. The lowest BCUT2D eigenvalue weighted by molar-refractivity contribution is 0.0496. The van der Waals surface area contributed by atoms with Crippen molar-refractivity contribution in [3.63, 3.8) is 0 Å². The Morgan fingerprint density at radius 2 is 0.979 bits per heavy atom. The summed E-state index contributed by atoms with van der Waals surface area (Å²) in [5, 5.41) is 0. The highest BCUT2D eigenvalue weighted by atomic mass is 16.5. The van der Waals surface area contributed by atoms with Crippen LogP contribution < -0.4 is 14.2 Å². The van der Waals surface area contributed by atoms with Gasteiger partial charge >= 0.3 is 5.97 Å². The lowest BCUT2D eigenvalue weighted by Gasteiger charge is -2.11. The number of ketones is 1. The van der Waals surface area contributed by atoms with Crippen molar-refractivity contribution >= 4 is 11.8 Å². The highest BCUT2D eigenvalue weighted by Crippen LogP contribution is 2.21. The zero-order valence-electron chi connectivity index (χ0n) is 29.4. The van der Waals surface area contributed by atoms with Gasteiger partial charge in [-0.2, -0.15) is 0 Å². The normalized spacial score (nSPS) is 10.9. The minimum atomic E-state index is -0.428. The zero-order valence-corrected chi connectivity index (χ0v) is 29.4. The fraction of sp³-hybridized carbons (Fsp3) is 0.512. The van der Waals surface area contributed by atoms with Crippen molar-refractivity contribution in [2.75, 3.05) is 40.1 Å². The van der Waals surface area contributed by atoms with Gasteiger partial charge in [0.15, 0.2) is 5.78 Å². The first-order chi connectivity index (χ1) is 23.5. The molecule has 0 saturated heterocycles. The Kier molecular flexibility index (Phi) is 18.9. The maximum atomic E-state index is 12.7. The predicted molar refractivity (Wildman–Crippen MR) is 192 cm³/mol. The van der Waals surface area contributed by atoms with Crippen LogP contribution >= 0.6 is 0 Å². The van der Waals surface area contributed by atoms with Crippen molar-refractivity contribution in [2.45, 2.75) is 97.3 Å². The molecule has 3 aromatic rings. The lowest BCUT2D eigenvalue weighted by atomic mass is 10.0. The minimum Gasteiger partial charge on any atom is -0.494 e. The standard InChI is InChI=1S/C41H56O7/c1-4-5-6-12-27-47-40-31-36(33(2)42)30-37(32-40)41(43)48-28-15-10-9-14-26-46-39-22-18-35(19-23-39)29-34-16-20-38(21-17-34)45-25-13-8-7-11-24-44-3/h16-23,30-32H,4-15,24-29H2,1-3H3. The molecule has 0 bridgehead atoms. The van der Waals surface area contributed by atoms with Gasteiger partial charge in [0.05, 0.1) is 32.0 Å². The molecule has 0 aliphatic heterocycles. The maximum Gasteiger partial charge on any atom is 0.338 e. The van der Waals surface area contributed by atoms with Crippen LogP contribution in [0.25, 0.3) is 0 Å². The largest absolute Gasteiger partial charge is 0.494 e. The second-order valence-electron chi connectivity index (χ2n) is 12.3. The summed E-state index contributed by atoms with van der Waals surface area (Å²) in [7, 11) is 1.75. The third-order valence-corrected chi connectivity index (χ3v) is 8.12. The highest BCUT2D eigenvalue weighted by molar-refractivity contribution is 5.98. The van der Waals surface area contributed by atoms with Gasteiger partial charge in [-0.3, -0.25) is 4.79 Å². The fourth-order valence-electron chi connectivity index (χ4n) is 5.25. The Morgan fingerprint density at radius 1 is 0.521 bits per heavy atom. The number of carbonyl (C=O) groups excluding carboxylic acids is 2. The molecule has 0 radical (unpaired) electrons. The number of methoxy groups -OCH3 is 1. The number of hydrogen-bond acceptors (Lipinski definition) is 7. The molecule has 0 fully saturated rings. The summed E-state index contributed by atoms with van der Waals surface area (Å²) >= 11 is 0. The Morgan fingerprint density at radius 3 is 1.48 bits per heavy atom. The highest BCUT2D eigenvalue weighted by Gasteiger charge is 2.13. The Balaban J connectivity index is 1.26. The smallest absolute Gasteiger partial charge is 0.338 e. The first-order valence-electron chi connectivity index (χ1n) is 17.9. The van der Waals surface area contributed by atoms with E-state index >= 15 is 0 Å². The van der Waals surface area contributed by atoms with Crippen LogP contribution in [0.1, 0.15) is 123 Å². The summed E-state index contributed by atoms with van der Waals surface area (Å²) in [6.45, 7) is 6.78. The van der Waals surface area contributed by atoms with Gasteiger partial charge in [0.25, 0.3) is 0 Å². The van der Waals surface area contributed by atoms with Gasteiger partial charge < -0.3 is 23.7 Å². The molecule has 0 unspecified atom stereocenters. The van der Waals surface area contributed by atoms with Crippen LogP contribution in [0.4, 0.5) is 0 Å². The van der Waals surface area contributed by atoms with Gasteiger partial charge in [-0.25, -0.2) is 4.79 Å². The van der Waals surface area contributed by atoms with Crippen molar-refractivity contribution in [3.8, 4) is 17.2 Å². The third-order valence-electron chi connectivity index (χ3n) is 8.12. The van der Waals surface area contributed by atoms with Crippen molar-refractivity contribution in [1.29, 1.82) is 0 Å². The Hall–Kier alpha value is -3.84. The number of hydrogen-bond donors (Lipinski definition) is 0. The average molecular weight is 661 g/mol. The molecule has 0 aromatic heterocycles. The van der Waals surface area contributed by atoms with Crippen LogP contribution in [0.2, 0.25) is 0 Å². The average Bonchev–Trinajstić information content (AvgIpc) is 3.10.